The van der Waals surface area contributed by atoms with E-state index in [9.17, 15) is 33.9 Å². The van der Waals surface area contributed by atoms with E-state index < -0.39 is 66.5 Å². The minimum absolute atomic E-state index is 0.0318. The molecule has 5 amide bonds. The number of carbonyl (C=O) groups excluding carboxylic acids is 6. The average molecular weight is 688 g/mol. The Morgan fingerprint density at radius 1 is 0.729 bits per heavy atom. The van der Waals surface area contributed by atoms with Gasteiger partial charge in [-0.25, -0.2) is 4.79 Å². The standard InChI is InChI=1S/C34H46ClN5O8/c1-21(2)15-25(28(42)18-35)39-32(46)27(16-22-9-7-6-8-10-22)38-30(44)20-36-29(43)19-37-31(45)26(40-33(47)48-34(3,4)5)17-23-11-13-24(41)14-12-23/h6-14,21,25-27,41H,15-20H2,1-5H3,(H,36,43)(H,37,45)(H,38,44)(H,39,46)(H,40,47)/t25-,26-,27-/m0/s1. The van der Waals surface area contributed by atoms with Crippen LogP contribution in [0.25, 0.3) is 0 Å². The maximum atomic E-state index is 13.3. The first-order valence-corrected chi connectivity index (χ1v) is 16.1. The highest BCUT2D eigenvalue weighted by Crippen LogP contribution is 2.13. The van der Waals surface area contributed by atoms with Crippen LogP contribution >= 0.6 is 11.6 Å². The summed E-state index contributed by atoms with van der Waals surface area (Å²) in [6, 6.07) is 12.0. The van der Waals surface area contributed by atoms with Gasteiger partial charge in [-0.05, 0) is 56.4 Å². The highest BCUT2D eigenvalue weighted by molar-refractivity contribution is 6.28. The summed E-state index contributed by atoms with van der Waals surface area (Å²) in [6.45, 7) is 7.81. The number of carbonyl (C=O) groups is 6. The fourth-order valence-corrected chi connectivity index (χ4v) is 4.66. The second kappa shape index (κ2) is 19.2. The fraction of sp³-hybridized carbons (Fsp3) is 0.471. The number of halogens is 1. The van der Waals surface area contributed by atoms with Crippen LogP contribution in [-0.2, 0) is 41.6 Å². The van der Waals surface area contributed by atoms with Gasteiger partial charge in [-0.3, -0.25) is 24.0 Å². The van der Waals surface area contributed by atoms with Crippen molar-refractivity contribution in [1.29, 1.82) is 0 Å². The second-order valence-corrected chi connectivity index (χ2v) is 12.9. The summed E-state index contributed by atoms with van der Waals surface area (Å²) in [7, 11) is 0. The van der Waals surface area contributed by atoms with Crippen molar-refractivity contribution in [2.24, 2.45) is 5.92 Å². The largest absolute Gasteiger partial charge is 0.508 e. The third-order valence-electron chi connectivity index (χ3n) is 6.73. The van der Waals surface area contributed by atoms with Gasteiger partial charge in [-0.2, -0.15) is 0 Å². The quantitative estimate of drug-likeness (QED) is 0.136. The molecule has 0 aliphatic carbocycles. The first-order chi connectivity index (χ1) is 22.6. The van der Waals surface area contributed by atoms with Crippen LogP contribution in [0.3, 0.4) is 0 Å². The molecular weight excluding hydrogens is 642 g/mol. The van der Waals surface area contributed by atoms with E-state index >= 15 is 0 Å². The summed E-state index contributed by atoms with van der Waals surface area (Å²) in [4.78, 5) is 76.5. The predicted molar refractivity (Wildman–Crippen MR) is 180 cm³/mol. The lowest BCUT2D eigenvalue weighted by Gasteiger charge is -2.24. The Kier molecular flexibility index (Phi) is 15.8. The smallest absolute Gasteiger partial charge is 0.408 e. The Labute approximate surface area is 285 Å². The number of hydrogen-bond acceptors (Lipinski definition) is 8. The van der Waals surface area contributed by atoms with Crippen molar-refractivity contribution in [1.82, 2.24) is 26.6 Å². The number of aromatic hydroxyl groups is 1. The second-order valence-electron chi connectivity index (χ2n) is 12.7. The molecule has 0 aliphatic heterocycles. The van der Waals surface area contributed by atoms with Crippen molar-refractivity contribution in [2.45, 2.75) is 77.6 Å². The number of alkyl halides is 1. The van der Waals surface area contributed by atoms with E-state index in [-0.39, 0.29) is 36.2 Å². The van der Waals surface area contributed by atoms with Gasteiger partial charge in [0.1, 0.15) is 23.4 Å². The Morgan fingerprint density at radius 3 is 1.85 bits per heavy atom. The zero-order valence-electron chi connectivity index (χ0n) is 27.9. The lowest BCUT2D eigenvalue weighted by molar-refractivity contribution is -0.131. The van der Waals surface area contributed by atoms with Gasteiger partial charge in [0, 0.05) is 12.8 Å². The first-order valence-electron chi connectivity index (χ1n) is 15.6. The van der Waals surface area contributed by atoms with Gasteiger partial charge in [0.05, 0.1) is 25.0 Å². The molecule has 2 aromatic carbocycles. The molecule has 0 unspecified atom stereocenters. The van der Waals surface area contributed by atoms with Crippen molar-refractivity contribution < 1.29 is 38.6 Å². The fourth-order valence-electron chi connectivity index (χ4n) is 4.47. The van der Waals surface area contributed by atoms with Gasteiger partial charge in [0.2, 0.25) is 23.6 Å². The third-order valence-corrected chi connectivity index (χ3v) is 6.99. The van der Waals surface area contributed by atoms with Crippen LogP contribution in [0, 0.1) is 5.92 Å². The number of Topliss-reactive ketones (excluding diaryl/α,β-unsaturated/α-hetero) is 1. The van der Waals surface area contributed by atoms with Crippen molar-refractivity contribution in [3.8, 4) is 5.75 Å². The lowest BCUT2D eigenvalue weighted by Crippen LogP contribution is -2.54. The minimum atomic E-state index is -1.12. The van der Waals surface area contributed by atoms with E-state index in [0.717, 1.165) is 5.56 Å². The van der Waals surface area contributed by atoms with E-state index in [1.54, 1.807) is 57.2 Å². The molecule has 0 aliphatic rings. The van der Waals surface area contributed by atoms with Crippen LogP contribution in [0.15, 0.2) is 54.6 Å². The van der Waals surface area contributed by atoms with E-state index in [1.807, 2.05) is 19.9 Å². The first kappa shape index (κ1) is 39.5. The molecule has 0 bridgehead atoms. The van der Waals surface area contributed by atoms with Gasteiger partial charge in [0.15, 0.2) is 5.78 Å². The zero-order valence-corrected chi connectivity index (χ0v) is 28.7. The van der Waals surface area contributed by atoms with Crippen LogP contribution in [0.2, 0.25) is 0 Å². The Balaban J connectivity index is 2.01. The molecule has 2 aromatic rings. The molecule has 0 radical (unpaired) electrons. The van der Waals surface area contributed by atoms with Crippen LogP contribution in [0.1, 0.15) is 52.2 Å². The molecule has 0 fully saturated rings. The summed E-state index contributed by atoms with van der Waals surface area (Å²) in [5.41, 5.74) is 0.569. The molecule has 0 spiro atoms. The van der Waals surface area contributed by atoms with E-state index in [1.165, 1.54) is 12.1 Å². The van der Waals surface area contributed by atoms with E-state index in [0.29, 0.717) is 12.0 Å². The molecule has 48 heavy (non-hydrogen) atoms. The lowest BCUT2D eigenvalue weighted by atomic mass is 9.99. The summed E-state index contributed by atoms with van der Waals surface area (Å²) >= 11 is 5.76. The molecular formula is C34H46ClN5O8. The van der Waals surface area contributed by atoms with Crippen molar-refractivity contribution in [3.63, 3.8) is 0 Å². The third kappa shape index (κ3) is 15.3. The molecule has 13 nitrogen and oxygen atoms in total. The highest BCUT2D eigenvalue weighted by atomic mass is 35.5. The van der Waals surface area contributed by atoms with E-state index in [2.05, 4.69) is 26.6 Å². The number of rotatable bonds is 17. The molecule has 6 N–H and O–H groups in total. The minimum Gasteiger partial charge on any atom is -0.508 e. The van der Waals surface area contributed by atoms with Crippen LogP contribution in [0.5, 0.6) is 5.75 Å². The summed E-state index contributed by atoms with van der Waals surface area (Å²) in [6.07, 6.45) is -0.304. The number of nitrogens with one attached hydrogen (secondary N) is 5. The Hall–Kier alpha value is -4.65. The molecule has 0 saturated heterocycles. The number of ether oxygens (including phenoxy) is 1. The van der Waals surface area contributed by atoms with Crippen molar-refractivity contribution >= 4 is 47.1 Å². The number of alkyl carbamates (subject to hydrolysis) is 1. The number of benzene rings is 2. The van der Waals surface area contributed by atoms with Crippen molar-refractivity contribution in [3.05, 3.63) is 65.7 Å². The normalized spacial score (nSPS) is 13.0. The number of phenolic OH excluding ortho intramolecular Hbond substituents is 1. The van der Waals surface area contributed by atoms with Crippen LogP contribution in [0.4, 0.5) is 4.79 Å². The zero-order chi connectivity index (χ0) is 35.9. The molecule has 0 heterocycles. The van der Waals surface area contributed by atoms with Gasteiger partial charge in [0.25, 0.3) is 0 Å². The monoisotopic (exact) mass is 687 g/mol. The highest BCUT2D eigenvalue weighted by Gasteiger charge is 2.28. The topological polar surface area (TPSA) is 192 Å². The van der Waals surface area contributed by atoms with Crippen molar-refractivity contribution in [2.75, 3.05) is 19.0 Å². The van der Waals surface area contributed by atoms with Crippen LogP contribution in [-0.4, -0.2) is 83.3 Å². The van der Waals surface area contributed by atoms with Gasteiger partial charge in [-0.15, -0.1) is 11.6 Å². The number of ketones is 1. The molecule has 14 heteroatoms. The SMILES string of the molecule is CC(C)C[C@H](NC(=O)[C@H](Cc1ccccc1)NC(=O)CNC(=O)CNC(=O)[C@H](Cc1ccc(O)cc1)NC(=O)OC(C)(C)C)C(=O)CCl. The molecule has 262 valence electrons. The summed E-state index contributed by atoms with van der Waals surface area (Å²) < 4.78 is 5.26. The molecule has 2 rings (SSSR count). The molecule has 0 saturated carbocycles. The van der Waals surface area contributed by atoms with E-state index in [4.69, 9.17) is 16.3 Å². The maximum absolute atomic E-state index is 13.3. The summed E-state index contributed by atoms with van der Waals surface area (Å²) in [5, 5.41) is 22.2. The number of hydrogen-bond donors (Lipinski definition) is 6. The van der Waals surface area contributed by atoms with Gasteiger partial charge in [-0.1, -0.05) is 56.3 Å². The molecule has 0 aromatic heterocycles. The Morgan fingerprint density at radius 2 is 1.29 bits per heavy atom. The number of amides is 5. The van der Waals surface area contributed by atoms with Crippen LogP contribution < -0.4 is 26.6 Å². The Bertz CT molecular complexity index is 1400. The van der Waals surface area contributed by atoms with Gasteiger partial charge >= 0.3 is 6.09 Å². The summed E-state index contributed by atoms with van der Waals surface area (Å²) in [5.74, 6) is -3.13. The predicted octanol–water partition coefficient (Wildman–Crippen LogP) is 2.13. The maximum Gasteiger partial charge on any atom is 0.408 e. The number of phenols is 1. The average Bonchev–Trinajstić information content (AvgIpc) is 3.01. The van der Waals surface area contributed by atoms with Gasteiger partial charge < -0.3 is 36.4 Å². The molecule has 3 atom stereocenters.